The number of carbonyl (C=O) groups is 1. The second-order valence-corrected chi connectivity index (χ2v) is 5.36. The summed E-state index contributed by atoms with van der Waals surface area (Å²) >= 11 is 1.21. The van der Waals surface area contributed by atoms with E-state index in [0.29, 0.717) is 10.9 Å². The van der Waals surface area contributed by atoms with E-state index < -0.39 is 0 Å². The van der Waals surface area contributed by atoms with E-state index in [0.717, 1.165) is 31.4 Å². The predicted octanol–water partition coefficient (Wildman–Crippen LogP) is 2.55. The van der Waals surface area contributed by atoms with Crippen molar-refractivity contribution >= 4 is 17.4 Å². The molecule has 2 rings (SSSR count). The zero-order chi connectivity index (χ0) is 12.1. The van der Waals surface area contributed by atoms with E-state index in [9.17, 15) is 4.79 Å². The van der Waals surface area contributed by atoms with Crippen LogP contribution in [0.2, 0.25) is 0 Å². The minimum atomic E-state index is 0.0235. The largest absolute Gasteiger partial charge is 0.349 e. The van der Waals surface area contributed by atoms with Gasteiger partial charge in [0.1, 0.15) is 4.88 Å². The predicted molar refractivity (Wildman–Crippen MR) is 68.2 cm³/mol. The summed E-state index contributed by atoms with van der Waals surface area (Å²) in [5.41, 5.74) is 0.853. The van der Waals surface area contributed by atoms with Crippen molar-refractivity contribution in [2.75, 3.05) is 0 Å². The molecule has 0 bridgehead atoms. The van der Waals surface area contributed by atoms with Crippen molar-refractivity contribution in [3.63, 3.8) is 0 Å². The third kappa shape index (κ3) is 3.25. The van der Waals surface area contributed by atoms with E-state index in [1.807, 2.05) is 0 Å². The quantitative estimate of drug-likeness (QED) is 0.897. The lowest BCUT2D eigenvalue weighted by molar-refractivity contribution is 0.0930. The average Bonchev–Trinajstić information content (AvgIpc) is 2.79. The Morgan fingerprint density at radius 3 is 2.88 bits per heavy atom. The van der Waals surface area contributed by atoms with E-state index in [-0.39, 0.29) is 5.91 Å². The van der Waals surface area contributed by atoms with Crippen molar-refractivity contribution in [3.05, 3.63) is 10.6 Å². The molecule has 4 nitrogen and oxygen atoms in total. The molecule has 1 fully saturated rings. The fourth-order valence-corrected chi connectivity index (χ4v) is 2.89. The van der Waals surface area contributed by atoms with Crippen molar-refractivity contribution in [1.82, 2.24) is 14.9 Å². The summed E-state index contributed by atoms with van der Waals surface area (Å²) in [4.78, 5) is 12.8. The molecule has 0 aromatic carbocycles. The van der Waals surface area contributed by atoms with Crippen molar-refractivity contribution < 1.29 is 4.79 Å². The maximum absolute atomic E-state index is 12.1. The Kier molecular flexibility index (Phi) is 4.48. The highest BCUT2D eigenvalue weighted by molar-refractivity contribution is 7.08. The van der Waals surface area contributed by atoms with Crippen LogP contribution in [0.4, 0.5) is 0 Å². The molecule has 94 valence electrons. The molecule has 0 aliphatic heterocycles. The van der Waals surface area contributed by atoms with Gasteiger partial charge in [-0.25, -0.2) is 0 Å². The van der Waals surface area contributed by atoms with E-state index in [1.165, 1.54) is 30.8 Å². The molecule has 1 saturated carbocycles. The molecule has 1 aliphatic carbocycles. The van der Waals surface area contributed by atoms with Crippen LogP contribution in [0.25, 0.3) is 0 Å². The third-order valence-electron chi connectivity index (χ3n) is 3.19. The molecule has 1 aromatic heterocycles. The number of aryl methyl sites for hydroxylation is 1. The second-order valence-electron chi connectivity index (χ2n) is 4.61. The molecule has 1 amide bonds. The highest BCUT2D eigenvalue weighted by Crippen LogP contribution is 2.19. The lowest BCUT2D eigenvalue weighted by atomic mass is 9.95. The SMILES string of the molecule is CCCc1nnsc1C(=O)NC1CCCCC1. The Balaban J connectivity index is 1.96. The van der Waals surface area contributed by atoms with Gasteiger partial charge in [-0.3, -0.25) is 4.79 Å². The number of carbonyl (C=O) groups excluding carboxylic acids is 1. The number of aromatic nitrogens is 2. The maximum Gasteiger partial charge on any atom is 0.265 e. The summed E-state index contributed by atoms with van der Waals surface area (Å²) in [7, 11) is 0. The molecule has 5 heteroatoms. The number of amides is 1. The summed E-state index contributed by atoms with van der Waals surface area (Å²) in [5, 5.41) is 7.14. The molecule has 1 aromatic rings. The van der Waals surface area contributed by atoms with Gasteiger partial charge in [-0.1, -0.05) is 37.1 Å². The molecule has 0 spiro atoms. The van der Waals surface area contributed by atoms with Crippen molar-refractivity contribution in [2.45, 2.75) is 57.9 Å². The monoisotopic (exact) mass is 253 g/mol. The molecule has 0 atom stereocenters. The summed E-state index contributed by atoms with van der Waals surface area (Å²) in [6, 6.07) is 0.354. The first kappa shape index (κ1) is 12.5. The molecular formula is C12H19N3OS. The van der Waals surface area contributed by atoms with Gasteiger partial charge in [-0.05, 0) is 30.8 Å². The Hall–Kier alpha value is -0.970. The van der Waals surface area contributed by atoms with Crippen molar-refractivity contribution in [1.29, 1.82) is 0 Å². The molecule has 0 unspecified atom stereocenters. The topological polar surface area (TPSA) is 54.9 Å². The first-order valence-electron chi connectivity index (χ1n) is 6.43. The highest BCUT2D eigenvalue weighted by atomic mass is 32.1. The highest BCUT2D eigenvalue weighted by Gasteiger charge is 2.20. The smallest absolute Gasteiger partial charge is 0.265 e. The molecule has 17 heavy (non-hydrogen) atoms. The minimum Gasteiger partial charge on any atom is -0.349 e. The van der Waals surface area contributed by atoms with Gasteiger partial charge in [0.2, 0.25) is 0 Å². The molecule has 1 N–H and O–H groups in total. The summed E-state index contributed by atoms with van der Waals surface area (Å²) in [6.45, 7) is 2.09. The molecule has 1 heterocycles. The number of nitrogens with zero attached hydrogens (tertiary/aromatic N) is 2. The fourth-order valence-electron chi connectivity index (χ4n) is 2.28. The van der Waals surface area contributed by atoms with Crippen molar-refractivity contribution in [2.24, 2.45) is 0 Å². The Labute approximate surface area is 106 Å². The minimum absolute atomic E-state index is 0.0235. The Bertz CT molecular complexity index is 372. The third-order valence-corrected chi connectivity index (χ3v) is 3.96. The Morgan fingerprint density at radius 2 is 2.18 bits per heavy atom. The van der Waals surface area contributed by atoms with Crippen LogP contribution in [0.5, 0.6) is 0 Å². The van der Waals surface area contributed by atoms with E-state index >= 15 is 0 Å². The van der Waals surface area contributed by atoms with Crippen LogP contribution in [0, 0.1) is 0 Å². The fraction of sp³-hybridized carbons (Fsp3) is 0.750. The van der Waals surface area contributed by atoms with Gasteiger partial charge >= 0.3 is 0 Å². The van der Waals surface area contributed by atoms with Gasteiger partial charge in [-0.15, -0.1) is 5.10 Å². The second kappa shape index (κ2) is 6.10. The van der Waals surface area contributed by atoms with Gasteiger partial charge in [0.05, 0.1) is 5.69 Å². The summed E-state index contributed by atoms with van der Waals surface area (Å²) < 4.78 is 3.89. The number of hydrogen-bond donors (Lipinski definition) is 1. The van der Waals surface area contributed by atoms with Crippen LogP contribution in [-0.4, -0.2) is 21.5 Å². The standard InChI is InChI=1S/C12H19N3OS/c1-2-6-10-11(17-15-14-10)12(16)13-9-7-4-3-5-8-9/h9H,2-8H2,1H3,(H,13,16). The van der Waals surface area contributed by atoms with E-state index in [1.54, 1.807) is 0 Å². The first-order valence-corrected chi connectivity index (χ1v) is 7.20. The van der Waals surface area contributed by atoms with Crippen LogP contribution >= 0.6 is 11.5 Å². The zero-order valence-corrected chi connectivity index (χ0v) is 11.1. The molecule has 0 radical (unpaired) electrons. The average molecular weight is 253 g/mol. The van der Waals surface area contributed by atoms with Gasteiger partial charge in [0, 0.05) is 6.04 Å². The van der Waals surface area contributed by atoms with E-state index in [4.69, 9.17) is 0 Å². The van der Waals surface area contributed by atoms with Crippen LogP contribution < -0.4 is 5.32 Å². The van der Waals surface area contributed by atoms with Gasteiger partial charge in [0.15, 0.2) is 0 Å². The normalized spacial score (nSPS) is 17.0. The number of nitrogens with one attached hydrogen (secondary N) is 1. The summed E-state index contributed by atoms with van der Waals surface area (Å²) in [5.74, 6) is 0.0235. The lowest BCUT2D eigenvalue weighted by Gasteiger charge is -2.22. The Morgan fingerprint density at radius 1 is 1.41 bits per heavy atom. The lowest BCUT2D eigenvalue weighted by Crippen LogP contribution is -2.36. The maximum atomic E-state index is 12.1. The van der Waals surface area contributed by atoms with Gasteiger partial charge in [0.25, 0.3) is 5.91 Å². The summed E-state index contributed by atoms with van der Waals surface area (Å²) in [6.07, 6.45) is 7.82. The molecular weight excluding hydrogens is 234 g/mol. The number of rotatable bonds is 4. The van der Waals surface area contributed by atoms with Crippen LogP contribution in [0.3, 0.4) is 0 Å². The van der Waals surface area contributed by atoms with Crippen LogP contribution in [0.1, 0.15) is 60.8 Å². The van der Waals surface area contributed by atoms with Gasteiger partial charge in [-0.2, -0.15) is 0 Å². The molecule has 0 saturated heterocycles. The van der Waals surface area contributed by atoms with Gasteiger partial charge < -0.3 is 5.32 Å². The zero-order valence-electron chi connectivity index (χ0n) is 10.2. The van der Waals surface area contributed by atoms with Crippen LogP contribution in [0.15, 0.2) is 0 Å². The number of hydrogen-bond acceptors (Lipinski definition) is 4. The van der Waals surface area contributed by atoms with E-state index in [2.05, 4.69) is 21.8 Å². The first-order chi connectivity index (χ1) is 8.31. The van der Waals surface area contributed by atoms with Crippen LogP contribution in [-0.2, 0) is 6.42 Å². The molecule has 1 aliphatic rings. The van der Waals surface area contributed by atoms with Crippen molar-refractivity contribution in [3.8, 4) is 0 Å².